The molecule has 0 fully saturated rings. The van der Waals surface area contributed by atoms with Gasteiger partial charge in [-0.2, -0.15) is 0 Å². The molecule has 0 spiro atoms. The minimum atomic E-state index is 0.257. The molecule has 0 saturated heterocycles. The zero-order valence-electron chi connectivity index (χ0n) is 12.9. The minimum Gasteiger partial charge on any atom is -0.303 e. The fraction of sp³-hybridized carbons (Fsp3) is 0.368. The van der Waals surface area contributed by atoms with E-state index in [0.29, 0.717) is 12.1 Å². The van der Waals surface area contributed by atoms with E-state index in [-0.39, 0.29) is 5.41 Å². The molecule has 1 N–H and O–H groups in total. The van der Waals surface area contributed by atoms with Crippen LogP contribution in [0.4, 0.5) is 0 Å². The van der Waals surface area contributed by atoms with Gasteiger partial charge in [-0.15, -0.1) is 0 Å². The molecule has 0 saturated carbocycles. The normalized spacial score (nSPS) is 21.0. The first-order valence-electron chi connectivity index (χ1n) is 7.57. The summed E-state index contributed by atoms with van der Waals surface area (Å²) in [5.74, 6) is 0. The number of rotatable bonds is 3. The topological polar surface area (TPSA) is 12.0 Å². The monoisotopic (exact) mass is 343 g/mol. The summed E-state index contributed by atoms with van der Waals surface area (Å²) in [6.07, 6.45) is 1.15. The maximum absolute atomic E-state index is 3.85. The Balaban J connectivity index is 1.85. The van der Waals surface area contributed by atoms with E-state index in [1.165, 1.54) is 16.7 Å². The second-order valence-electron chi connectivity index (χ2n) is 6.74. The summed E-state index contributed by atoms with van der Waals surface area (Å²) in [4.78, 5) is 0. The molecule has 1 nitrogen and oxygen atoms in total. The van der Waals surface area contributed by atoms with Gasteiger partial charge in [0.1, 0.15) is 0 Å². The molecule has 0 aliphatic heterocycles. The van der Waals surface area contributed by atoms with Crippen molar-refractivity contribution in [2.24, 2.45) is 5.41 Å². The molecule has 2 aromatic rings. The molecule has 0 amide bonds. The fourth-order valence-corrected chi connectivity index (χ4v) is 3.67. The Hall–Kier alpha value is -1.12. The Morgan fingerprint density at radius 2 is 1.76 bits per heavy atom. The number of halogens is 1. The summed E-state index contributed by atoms with van der Waals surface area (Å²) >= 11 is 3.50. The third kappa shape index (κ3) is 2.93. The van der Waals surface area contributed by atoms with Gasteiger partial charge in [0.2, 0.25) is 0 Å². The van der Waals surface area contributed by atoms with Gasteiger partial charge in [-0.3, -0.25) is 0 Å². The highest BCUT2D eigenvalue weighted by molar-refractivity contribution is 9.10. The Kier molecular flexibility index (Phi) is 3.94. The van der Waals surface area contributed by atoms with E-state index in [1.54, 1.807) is 0 Å². The van der Waals surface area contributed by atoms with Crippen molar-refractivity contribution in [3.8, 4) is 0 Å². The van der Waals surface area contributed by atoms with E-state index in [1.807, 2.05) is 0 Å². The summed E-state index contributed by atoms with van der Waals surface area (Å²) in [6.45, 7) is 6.97. The average Bonchev–Trinajstić information content (AvgIpc) is 2.70. The van der Waals surface area contributed by atoms with Crippen molar-refractivity contribution >= 4 is 15.9 Å². The van der Waals surface area contributed by atoms with E-state index in [0.717, 1.165) is 10.9 Å². The minimum absolute atomic E-state index is 0.257. The third-order valence-corrected chi connectivity index (χ3v) is 5.11. The van der Waals surface area contributed by atoms with Crippen molar-refractivity contribution in [2.75, 3.05) is 0 Å². The van der Waals surface area contributed by atoms with Crippen LogP contribution in [0.5, 0.6) is 0 Å². The fourth-order valence-electron chi connectivity index (χ4n) is 3.40. The molecular weight excluding hydrogens is 322 g/mol. The molecule has 0 bridgehead atoms. The Bertz CT molecular complexity index is 630. The van der Waals surface area contributed by atoms with Crippen LogP contribution in [-0.2, 0) is 6.42 Å². The van der Waals surface area contributed by atoms with E-state index in [2.05, 4.69) is 90.5 Å². The Morgan fingerprint density at radius 3 is 2.48 bits per heavy atom. The molecule has 21 heavy (non-hydrogen) atoms. The first-order chi connectivity index (χ1) is 9.97. The van der Waals surface area contributed by atoms with Crippen LogP contribution in [0.2, 0.25) is 0 Å². The zero-order valence-corrected chi connectivity index (χ0v) is 14.4. The van der Waals surface area contributed by atoms with Crippen LogP contribution in [0.25, 0.3) is 0 Å². The van der Waals surface area contributed by atoms with E-state index in [4.69, 9.17) is 0 Å². The molecule has 1 unspecified atom stereocenters. The van der Waals surface area contributed by atoms with Gasteiger partial charge in [-0.1, -0.05) is 66.2 Å². The van der Waals surface area contributed by atoms with Crippen molar-refractivity contribution in [1.82, 2.24) is 5.32 Å². The molecule has 110 valence electrons. The van der Waals surface area contributed by atoms with Crippen LogP contribution < -0.4 is 5.32 Å². The van der Waals surface area contributed by atoms with Gasteiger partial charge >= 0.3 is 0 Å². The van der Waals surface area contributed by atoms with Gasteiger partial charge in [0, 0.05) is 16.6 Å². The number of benzene rings is 2. The molecule has 0 radical (unpaired) electrons. The van der Waals surface area contributed by atoms with Crippen LogP contribution in [0, 0.1) is 5.41 Å². The maximum atomic E-state index is 3.85. The molecule has 2 aromatic carbocycles. The molecule has 1 aliphatic carbocycles. The lowest BCUT2D eigenvalue weighted by molar-refractivity contribution is 0.252. The quantitative estimate of drug-likeness (QED) is 0.784. The summed E-state index contributed by atoms with van der Waals surface area (Å²) in [7, 11) is 0. The molecule has 1 aliphatic rings. The zero-order chi connectivity index (χ0) is 15.0. The van der Waals surface area contributed by atoms with Gasteiger partial charge < -0.3 is 5.32 Å². The van der Waals surface area contributed by atoms with Crippen LogP contribution >= 0.6 is 15.9 Å². The molecule has 0 heterocycles. The second-order valence-corrected chi connectivity index (χ2v) is 7.65. The standard InChI is InChI=1S/C19H22BrN/c1-13(14-8-10-16(20)11-9-14)21-18-17-7-5-4-6-15(17)12-19(18,2)3/h4-11,13,18,21H,12H2,1-3H3/t13-,18?/m0/s1. The molecule has 3 rings (SSSR count). The summed E-state index contributed by atoms with van der Waals surface area (Å²) in [6, 6.07) is 18.2. The smallest absolute Gasteiger partial charge is 0.0382 e. The van der Waals surface area contributed by atoms with Gasteiger partial charge in [0.05, 0.1) is 0 Å². The van der Waals surface area contributed by atoms with Crippen LogP contribution in [0.15, 0.2) is 53.0 Å². The predicted octanol–water partition coefficient (Wildman–Crippen LogP) is 5.42. The lowest BCUT2D eigenvalue weighted by Crippen LogP contribution is -2.33. The summed E-state index contributed by atoms with van der Waals surface area (Å²) < 4.78 is 1.13. The predicted molar refractivity (Wildman–Crippen MR) is 92.4 cm³/mol. The van der Waals surface area contributed by atoms with Gasteiger partial charge in [0.25, 0.3) is 0 Å². The van der Waals surface area contributed by atoms with Crippen LogP contribution in [-0.4, -0.2) is 0 Å². The van der Waals surface area contributed by atoms with Crippen molar-refractivity contribution in [3.63, 3.8) is 0 Å². The van der Waals surface area contributed by atoms with Crippen molar-refractivity contribution in [2.45, 2.75) is 39.3 Å². The van der Waals surface area contributed by atoms with Gasteiger partial charge in [-0.25, -0.2) is 0 Å². The molecular formula is C19H22BrN. The highest BCUT2D eigenvalue weighted by atomic mass is 79.9. The van der Waals surface area contributed by atoms with Crippen molar-refractivity contribution in [3.05, 3.63) is 69.7 Å². The second kappa shape index (κ2) is 5.58. The Morgan fingerprint density at radius 1 is 1.10 bits per heavy atom. The number of hydrogen-bond acceptors (Lipinski definition) is 1. The molecule has 2 atom stereocenters. The average molecular weight is 344 g/mol. The SMILES string of the molecule is C[C@H](NC1c2ccccc2CC1(C)C)c1ccc(Br)cc1. The lowest BCUT2D eigenvalue weighted by Gasteiger charge is -2.31. The van der Waals surface area contributed by atoms with Crippen LogP contribution in [0.3, 0.4) is 0 Å². The highest BCUT2D eigenvalue weighted by Gasteiger charge is 2.39. The number of hydrogen-bond donors (Lipinski definition) is 1. The highest BCUT2D eigenvalue weighted by Crippen LogP contribution is 2.46. The number of nitrogens with one attached hydrogen (secondary N) is 1. The first-order valence-corrected chi connectivity index (χ1v) is 8.36. The van der Waals surface area contributed by atoms with E-state index in [9.17, 15) is 0 Å². The molecule has 2 heteroatoms. The van der Waals surface area contributed by atoms with Gasteiger partial charge in [-0.05, 0) is 47.6 Å². The third-order valence-electron chi connectivity index (χ3n) is 4.58. The summed E-state index contributed by atoms with van der Waals surface area (Å²) in [5, 5.41) is 3.85. The number of fused-ring (bicyclic) bond motifs is 1. The van der Waals surface area contributed by atoms with Gasteiger partial charge in [0.15, 0.2) is 0 Å². The Labute approximate surface area is 135 Å². The van der Waals surface area contributed by atoms with Crippen molar-refractivity contribution in [1.29, 1.82) is 0 Å². The maximum Gasteiger partial charge on any atom is 0.0382 e. The summed E-state index contributed by atoms with van der Waals surface area (Å²) in [5.41, 5.74) is 4.54. The first kappa shape index (κ1) is 14.8. The van der Waals surface area contributed by atoms with E-state index >= 15 is 0 Å². The van der Waals surface area contributed by atoms with Crippen molar-refractivity contribution < 1.29 is 0 Å². The van der Waals surface area contributed by atoms with Crippen LogP contribution in [0.1, 0.15) is 49.5 Å². The van der Waals surface area contributed by atoms with E-state index < -0.39 is 0 Å². The molecule has 0 aromatic heterocycles. The lowest BCUT2D eigenvalue weighted by atomic mass is 9.84. The largest absolute Gasteiger partial charge is 0.303 e.